The van der Waals surface area contributed by atoms with Gasteiger partial charge in [-0.25, -0.2) is 0 Å². The summed E-state index contributed by atoms with van der Waals surface area (Å²) < 4.78 is 10.2. The molecule has 0 aliphatic heterocycles. The second-order valence-electron chi connectivity index (χ2n) is 3.96. The molecule has 2 amide bonds. The van der Waals surface area contributed by atoms with Crippen LogP contribution in [0.5, 0.6) is 5.75 Å². The number of nitrogens with two attached hydrogens (primary N) is 2. The van der Waals surface area contributed by atoms with E-state index in [9.17, 15) is 9.59 Å². The third kappa shape index (κ3) is 5.15. The van der Waals surface area contributed by atoms with E-state index in [2.05, 4.69) is 5.32 Å². The van der Waals surface area contributed by atoms with Crippen LogP contribution in [0.25, 0.3) is 0 Å². The van der Waals surface area contributed by atoms with Gasteiger partial charge in [0.05, 0.1) is 18.9 Å². The van der Waals surface area contributed by atoms with E-state index >= 15 is 0 Å². The van der Waals surface area contributed by atoms with Gasteiger partial charge in [0.25, 0.3) is 5.91 Å². The molecule has 0 aliphatic rings. The Hall–Kier alpha value is -2.28. The number of ether oxygens (including phenoxy) is 2. The molecule has 0 spiro atoms. The highest BCUT2D eigenvalue weighted by molar-refractivity contribution is 5.95. The molecule has 0 unspecified atom stereocenters. The molecule has 1 rings (SSSR count). The summed E-state index contributed by atoms with van der Waals surface area (Å²) in [5, 5.41) is 2.64. The molecule has 0 atom stereocenters. The van der Waals surface area contributed by atoms with E-state index in [1.165, 1.54) is 0 Å². The highest BCUT2D eigenvalue weighted by Crippen LogP contribution is 2.22. The zero-order valence-corrected chi connectivity index (χ0v) is 11.3. The Balaban J connectivity index is 2.43. The summed E-state index contributed by atoms with van der Waals surface area (Å²) in [7, 11) is 0. The lowest BCUT2D eigenvalue weighted by Crippen LogP contribution is -2.28. The highest BCUT2D eigenvalue weighted by Gasteiger charge is 2.08. The average molecular weight is 281 g/mol. The van der Waals surface area contributed by atoms with Crippen molar-refractivity contribution in [1.29, 1.82) is 0 Å². The molecule has 7 heteroatoms. The minimum absolute atomic E-state index is 0.161. The van der Waals surface area contributed by atoms with Gasteiger partial charge in [-0.1, -0.05) is 0 Å². The molecular formula is C13H19N3O4. The first-order valence-electron chi connectivity index (χ1n) is 6.21. The van der Waals surface area contributed by atoms with Crippen LogP contribution in [0, 0.1) is 0 Å². The molecule has 0 fully saturated rings. The fraction of sp³-hybridized carbons (Fsp3) is 0.385. The number of carbonyl (C=O) groups is 2. The number of rotatable bonds is 8. The molecule has 7 nitrogen and oxygen atoms in total. The van der Waals surface area contributed by atoms with Crippen molar-refractivity contribution < 1.29 is 19.1 Å². The molecule has 0 radical (unpaired) electrons. The van der Waals surface area contributed by atoms with Crippen LogP contribution in [-0.4, -0.2) is 38.2 Å². The second kappa shape index (κ2) is 8.00. The van der Waals surface area contributed by atoms with Crippen molar-refractivity contribution in [3.63, 3.8) is 0 Å². The van der Waals surface area contributed by atoms with Gasteiger partial charge in [0, 0.05) is 12.1 Å². The van der Waals surface area contributed by atoms with Crippen LogP contribution < -0.4 is 21.5 Å². The van der Waals surface area contributed by atoms with Gasteiger partial charge in [-0.3, -0.25) is 9.59 Å². The van der Waals surface area contributed by atoms with Crippen molar-refractivity contribution in [2.75, 3.05) is 32.1 Å². The van der Waals surface area contributed by atoms with Gasteiger partial charge >= 0.3 is 0 Å². The molecule has 0 heterocycles. The first-order chi connectivity index (χ1) is 9.54. The predicted octanol–water partition coefficient (Wildman–Crippen LogP) is -0.101. The molecule has 0 aliphatic carbocycles. The highest BCUT2D eigenvalue weighted by atomic mass is 16.5. The number of hydrogen-bond acceptors (Lipinski definition) is 5. The number of nitrogens with one attached hydrogen (secondary N) is 1. The lowest BCUT2D eigenvalue weighted by molar-refractivity contribution is -0.122. The van der Waals surface area contributed by atoms with Gasteiger partial charge in [0.15, 0.2) is 0 Å². The topological polar surface area (TPSA) is 117 Å². The Morgan fingerprint density at radius 3 is 2.70 bits per heavy atom. The molecule has 0 aromatic heterocycles. The molecule has 110 valence electrons. The van der Waals surface area contributed by atoms with Gasteiger partial charge in [0.2, 0.25) is 5.91 Å². The first kappa shape index (κ1) is 15.8. The molecule has 1 aromatic rings. The Morgan fingerprint density at radius 1 is 1.35 bits per heavy atom. The fourth-order valence-corrected chi connectivity index (χ4v) is 1.49. The molecule has 20 heavy (non-hydrogen) atoms. The van der Waals surface area contributed by atoms with E-state index in [1.54, 1.807) is 18.2 Å². The number of benzene rings is 1. The maximum absolute atomic E-state index is 11.8. The van der Waals surface area contributed by atoms with Crippen LogP contribution in [0.4, 0.5) is 5.69 Å². The lowest BCUT2D eigenvalue weighted by atomic mass is 10.2. The molecular weight excluding hydrogens is 262 g/mol. The lowest BCUT2D eigenvalue weighted by Gasteiger charge is -2.09. The fourth-order valence-electron chi connectivity index (χ4n) is 1.49. The van der Waals surface area contributed by atoms with Crippen LogP contribution in [0.15, 0.2) is 18.2 Å². The van der Waals surface area contributed by atoms with Crippen LogP contribution in [0.2, 0.25) is 0 Å². The van der Waals surface area contributed by atoms with Crippen molar-refractivity contribution >= 4 is 17.5 Å². The normalized spacial score (nSPS) is 10.1. The summed E-state index contributed by atoms with van der Waals surface area (Å²) >= 11 is 0. The van der Waals surface area contributed by atoms with Crippen LogP contribution in [-0.2, 0) is 9.53 Å². The number of carbonyl (C=O) groups excluding carboxylic acids is 2. The van der Waals surface area contributed by atoms with E-state index < -0.39 is 5.91 Å². The van der Waals surface area contributed by atoms with E-state index in [-0.39, 0.29) is 25.7 Å². The van der Waals surface area contributed by atoms with E-state index in [4.69, 9.17) is 20.9 Å². The molecule has 0 bridgehead atoms. The van der Waals surface area contributed by atoms with Crippen molar-refractivity contribution in [2.24, 2.45) is 5.73 Å². The quantitative estimate of drug-likeness (QED) is 0.454. The summed E-state index contributed by atoms with van der Waals surface area (Å²) in [6, 6.07) is 4.82. The van der Waals surface area contributed by atoms with Crippen LogP contribution >= 0.6 is 0 Å². The number of amides is 2. The second-order valence-corrected chi connectivity index (χ2v) is 3.96. The third-order valence-electron chi connectivity index (χ3n) is 2.35. The zero-order chi connectivity index (χ0) is 15.0. The summed E-state index contributed by atoms with van der Waals surface area (Å²) in [6.07, 6.45) is 0. The van der Waals surface area contributed by atoms with Crippen molar-refractivity contribution in [1.82, 2.24) is 5.32 Å². The smallest absolute Gasteiger partial charge is 0.251 e. The largest absolute Gasteiger partial charge is 0.492 e. The number of primary amides is 1. The van der Waals surface area contributed by atoms with Gasteiger partial charge in [-0.2, -0.15) is 0 Å². The Kier molecular flexibility index (Phi) is 6.31. The molecule has 0 saturated carbocycles. The monoisotopic (exact) mass is 281 g/mol. The van der Waals surface area contributed by atoms with Crippen LogP contribution in [0.3, 0.4) is 0 Å². The Bertz CT molecular complexity index is 477. The minimum atomic E-state index is -0.546. The summed E-state index contributed by atoms with van der Waals surface area (Å²) in [5.41, 5.74) is 11.5. The summed E-state index contributed by atoms with van der Waals surface area (Å²) in [4.78, 5) is 22.2. The maximum atomic E-state index is 11.8. The predicted molar refractivity (Wildman–Crippen MR) is 74.4 cm³/mol. The van der Waals surface area contributed by atoms with E-state index in [1.807, 2.05) is 6.92 Å². The number of hydrogen-bond donors (Lipinski definition) is 3. The van der Waals surface area contributed by atoms with Gasteiger partial charge in [-0.05, 0) is 25.1 Å². The van der Waals surface area contributed by atoms with Gasteiger partial charge in [-0.15, -0.1) is 0 Å². The Morgan fingerprint density at radius 2 is 2.10 bits per heavy atom. The standard InChI is InChI=1S/C13H19N3O4/c1-2-20-11-4-3-9(7-10(11)14)13(18)16-5-6-19-8-12(15)17/h3-4,7H,2,5-6,8,14H2,1H3,(H2,15,17)(H,16,18). The SMILES string of the molecule is CCOc1ccc(C(=O)NCCOCC(N)=O)cc1N. The summed E-state index contributed by atoms with van der Waals surface area (Å²) in [6.45, 7) is 2.69. The minimum Gasteiger partial charge on any atom is -0.492 e. The third-order valence-corrected chi connectivity index (χ3v) is 2.35. The first-order valence-corrected chi connectivity index (χ1v) is 6.21. The average Bonchev–Trinajstić information content (AvgIpc) is 2.40. The Labute approximate surface area is 117 Å². The maximum Gasteiger partial charge on any atom is 0.251 e. The van der Waals surface area contributed by atoms with Crippen LogP contribution in [0.1, 0.15) is 17.3 Å². The van der Waals surface area contributed by atoms with E-state index in [0.717, 1.165) is 0 Å². The molecule has 5 N–H and O–H groups in total. The summed E-state index contributed by atoms with van der Waals surface area (Å²) in [5.74, 6) is -0.271. The van der Waals surface area contributed by atoms with Gasteiger partial charge in [0.1, 0.15) is 12.4 Å². The molecule has 1 aromatic carbocycles. The zero-order valence-electron chi connectivity index (χ0n) is 11.3. The van der Waals surface area contributed by atoms with Crippen molar-refractivity contribution in [3.8, 4) is 5.75 Å². The number of anilines is 1. The molecule has 0 saturated heterocycles. The van der Waals surface area contributed by atoms with Crippen molar-refractivity contribution in [3.05, 3.63) is 23.8 Å². The van der Waals surface area contributed by atoms with Crippen molar-refractivity contribution in [2.45, 2.75) is 6.92 Å². The number of nitrogen functional groups attached to an aromatic ring is 1. The van der Waals surface area contributed by atoms with Gasteiger partial charge < -0.3 is 26.3 Å². The van der Waals surface area contributed by atoms with E-state index in [0.29, 0.717) is 23.6 Å².